The summed E-state index contributed by atoms with van der Waals surface area (Å²) in [5, 5.41) is 8.56. The summed E-state index contributed by atoms with van der Waals surface area (Å²) >= 11 is 0. The number of esters is 1. The number of pyridine rings is 1. The Morgan fingerprint density at radius 2 is 2.00 bits per heavy atom. The molecule has 0 amide bonds. The van der Waals surface area contributed by atoms with Gasteiger partial charge in [0.15, 0.2) is 18.2 Å². The van der Waals surface area contributed by atoms with Crippen molar-refractivity contribution in [1.29, 1.82) is 0 Å². The Morgan fingerprint density at radius 1 is 1.30 bits per heavy atom. The first-order valence-electron chi connectivity index (χ1n) is 8.07. The first kappa shape index (κ1) is 19.2. The number of halogens is 4. The second kappa shape index (κ2) is 7.18. The summed E-state index contributed by atoms with van der Waals surface area (Å²) in [6.07, 6.45) is -1.93. The van der Waals surface area contributed by atoms with Gasteiger partial charge >= 0.3 is 12.1 Å². The molecule has 0 radical (unpaired) electrons. The van der Waals surface area contributed by atoms with E-state index in [-0.39, 0.29) is 29.1 Å². The lowest BCUT2D eigenvalue weighted by Gasteiger charge is -2.15. The van der Waals surface area contributed by atoms with Crippen molar-refractivity contribution in [2.75, 3.05) is 19.8 Å². The number of hydrogen-bond acceptors (Lipinski definition) is 5. The lowest BCUT2D eigenvalue weighted by Crippen LogP contribution is -2.22. The number of aliphatic hydroxyl groups excluding tert-OH is 1. The van der Waals surface area contributed by atoms with Crippen molar-refractivity contribution in [2.45, 2.75) is 25.1 Å². The Labute approximate surface area is 149 Å². The number of hydrogen-bond donors (Lipinski definition) is 1. The van der Waals surface area contributed by atoms with Crippen LogP contribution in [0.2, 0.25) is 0 Å². The third-order valence-electron chi connectivity index (χ3n) is 3.96. The van der Waals surface area contributed by atoms with Crippen LogP contribution in [0.5, 0.6) is 5.75 Å². The molecular weight excluding hydrogens is 374 g/mol. The summed E-state index contributed by atoms with van der Waals surface area (Å²) in [6, 6.07) is 1.71. The Balaban J connectivity index is 2.10. The zero-order valence-electron chi connectivity index (χ0n) is 13.9. The lowest BCUT2D eigenvalue weighted by atomic mass is 10.1. The predicted molar refractivity (Wildman–Crippen MR) is 85.4 cm³/mol. The summed E-state index contributed by atoms with van der Waals surface area (Å²) in [5.74, 6) is -2.75. The van der Waals surface area contributed by atoms with Crippen LogP contribution in [0.15, 0.2) is 23.1 Å². The van der Waals surface area contributed by atoms with Crippen molar-refractivity contribution in [1.82, 2.24) is 4.57 Å². The number of carbonyl (C=O) groups is 1. The monoisotopic (exact) mass is 389 g/mol. The number of fused-ring (bicyclic) bond motifs is 1. The summed E-state index contributed by atoms with van der Waals surface area (Å²) in [5.41, 5.74) is -0.989. The molecule has 0 unspecified atom stereocenters. The van der Waals surface area contributed by atoms with Gasteiger partial charge in [-0.15, -0.1) is 0 Å². The number of rotatable bonds is 6. The number of carbonyl (C=O) groups excluding carboxylic acids is 1. The molecule has 6 nitrogen and oxygen atoms in total. The zero-order valence-corrected chi connectivity index (χ0v) is 13.9. The smallest absolute Gasteiger partial charge is 0.422 e. The van der Waals surface area contributed by atoms with Crippen LogP contribution in [0.25, 0.3) is 10.9 Å². The van der Waals surface area contributed by atoms with Gasteiger partial charge in [-0.25, -0.2) is 9.18 Å². The van der Waals surface area contributed by atoms with E-state index in [2.05, 4.69) is 4.74 Å². The van der Waals surface area contributed by atoms with Crippen LogP contribution >= 0.6 is 0 Å². The molecule has 1 aromatic heterocycles. The maximum absolute atomic E-state index is 14.2. The average Bonchev–Trinajstić information content (AvgIpc) is 3.43. The molecule has 0 bridgehead atoms. The van der Waals surface area contributed by atoms with Gasteiger partial charge in [0.1, 0.15) is 12.2 Å². The highest BCUT2D eigenvalue weighted by Crippen LogP contribution is 2.38. The predicted octanol–water partition coefficient (Wildman–Crippen LogP) is 2.57. The van der Waals surface area contributed by atoms with Gasteiger partial charge in [-0.1, -0.05) is 0 Å². The van der Waals surface area contributed by atoms with E-state index in [1.165, 1.54) is 10.8 Å². The molecule has 27 heavy (non-hydrogen) atoms. The molecular formula is C17H15F4NO5. The van der Waals surface area contributed by atoms with E-state index in [1.807, 2.05) is 0 Å². The Kier molecular flexibility index (Phi) is 5.09. The van der Waals surface area contributed by atoms with Crippen molar-refractivity contribution in [3.05, 3.63) is 39.9 Å². The molecule has 2 aromatic rings. The largest absolute Gasteiger partial charge is 0.481 e. The fraction of sp³-hybridized carbons (Fsp3) is 0.412. The maximum Gasteiger partial charge on any atom is 0.422 e. The number of alkyl halides is 3. The number of benzene rings is 1. The highest BCUT2D eigenvalue weighted by molar-refractivity contribution is 5.94. The highest BCUT2D eigenvalue weighted by atomic mass is 19.4. The average molecular weight is 389 g/mol. The van der Waals surface area contributed by atoms with Crippen LogP contribution in [-0.2, 0) is 4.74 Å². The summed E-state index contributed by atoms with van der Waals surface area (Å²) in [7, 11) is 0. The highest BCUT2D eigenvalue weighted by Gasteiger charge is 2.30. The Morgan fingerprint density at radius 3 is 2.59 bits per heavy atom. The van der Waals surface area contributed by atoms with E-state index < -0.39 is 42.4 Å². The van der Waals surface area contributed by atoms with Gasteiger partial charge in [0.25, 0.3) is 0 Å². The summed E-state index contributed by atoms with van der Waals surface area (Å²) in [4.78, 5) is 24.6. The van der Waals surface area contributed by atoms with E-state index >= 15 is 0 Å². The van der Waals surface area contributed by atoms with Crippen molar-refractivity contribution < 1.29 is 36.9 Å². The van der Waals surface area contributed by atoms with Crippen LogP contribution in [0.3, 0.4) is 0 Å². The first-order valence-corrected chi connectivity index (χ1v) is 8.07. The minimum atomic E-state index is -4.64. The molecule has 0 spiro atoms. The molecule has 1 N–H and O–H groups in total. The molecule has 146 valence electrons. The van der Waals surface area contributed by atoms with E-state index in [0.29, 0.717) is 0 Å². The van der Waals surface area contributed by atoms with Gasteiger partial charge in [0.2, 0.25) is 5.43 Å². The maximum atomic E-state index is 14.2. The molecule has 1 fully saturated rings. The Bertz CT molecular complexity index is 934. The van der Waals surface area contributed by atoms with Crippen LogP contribution < -0.4 is 10.2 Å². The molecule has 1 aliphatic carbocycles. The van der Waals surface area contributed by atoms with Crippen LogP contribution in [0.4, 0.5) is 17.6 Å². The SMILES string of the molecule is O=C(OCCO)c1cn(C2CC2)c2cc(OCC(F)(F)F)c(F)cc2c1=O. The number of ether oxygens (including phenoxy) is 2. The number of aromatic nitrogens is 1. The first-order chi connectivity index (χ1) is 12.7. The fourth-order valence-corrected chi connectivity index (χ4v) is 2.64. The van der Waals surface area contributed by atoms with Crippen LogP contribution in [0, 0.1) is 5.82 Å². The number of nitrogens with zero attached hydrogens (tertiary/aromatic N) is 1. The molecule has 1 heterocycles. The summed E-state index contributed by atoms with van der Waals surface area (Å²) < 4.78 is 62.0. The number of aliphatic hydroxyl groups is 1. The standard InChI is InChI=1S/C17H15F4NO5/c18-12-5-10-13(6-14(12)27-8-17(19,20)21)22(9-1-2-9)7-11(15(10)24)16(25)26-4-3-23/h5-7,9,23H,1-4,8H2. The van der Waals surface area contributed by atoms with Crippen molar-refractivity contribution in [3.63, 3.8) is 0 Å². The second-order valence-corrected chi connectivity index (χ2v) is 6.07. The van der Waals surface area contributed by atoms with Crippen molar-refractivity contribution >= 4 is 16.9 Å². The van der Waals surface area contributed by atoms with E-state index in [4.69, 9.17) is 9.84 Å². The summed E-state index contributed by atoms with van der Waals surface area (Å²) in [6.45, 7) is -2.41. The molecule has 1 aliphatic rings. The molecule has 1 saturated carbocycles. The zero-order chi connectivity index (χ0) is 19.8. The van der Waals surface area contributed by atoms with Crippen LogP contribution in [0.1, 0.15) is 29.2 Å². The van der Waals surface area contributed by atoms with Crippen molar-refractivity contribution in [3.8, 4) is 5.75 Å². The third-order valence-corrected chi connectivity index (χ3v) is 3.96. The van der Waals surface area contributed by atoms with Gasteiger partial charge in [0, 0.05) is 23.7 Å². The van der Waals surface area contributed by atoms with E-state index in [9.17, 15) is 27.2 Å². The van der Waals surface area contributed by atoms with Gasteiger partial charge < -0.3 is 19.1 Å². The molecule has 3 rings (SSSR count). The Hall–Kier alpha value is -2.62. The van der Waals surface area contributed by atoms with Gasteiger partial charge in [-0.2, -0.15) is 13.2 Å². The molecule has 0 aliphatic heterocycles. The normalized spacial score (nSPS) is 14.4. The van der Waals surface area contributed by atoms with Crippen LogP contribution in [-0.4, -0.2) is 41.6 Å². The topological polar surface area (TPSA) is 77.8 Å². The molecule has 0 saturated heterocycles. The fourth-order valence-electron chi connectivity index (χ4n) is 2.64. The van der Waals surface area contributed by atoms with Gasteiger partial charge in [-0.05, 0) is 18.9 Å². The minimum absolute atomic E-state index is 0.0709. The van der Waals surface area contributed by atoms with Crippen molar-refractivity contribution in [2.24, 2.45) is 0 Å². The molecule has 1 aromatic carbocycles. The lowest BCUT2D eigenvalue weighted by molar-refractivity contribution is -0.153. The molecule has 0 atom stereocenters. The third kappa shape index (κ3) is 4.21. The van der Waals surface area contributed by atoms with Gasteiger partial charge in [0.05, 0.1) is 12.1 Å². The second-order valence-electron chi connectivity index (χ2n) is 6.07. The van der Waals surface area contributed by atoms with E-state index in [0.717, 1.165) is 25.0 Å². The van der Waals surface area contributed by atoms with Gasteiger partial charge in [-0.3, -0.25) is 4.79 Å². The minimum Gasteiger partial charge on any atom is -0.481 e. The quantitative estimate of drug-likeness (QED) is 0.607. The van der Waals surface area contributed by atoms with E-state index in [1.54, 1.807) is 0 Å². The molecule has 10 heteroatoms.